The van der Waals surface area contributed by atoms with Gasteiger partial charge in [-0.25, -0.2) is 9.37 Å². The Kier molecular flexibility index (Phi) is 7.22. The summed E-state index contributed by atoms with van der Waals surface area (Å²) in [6, 6.07) is 9.43. The van der Waals surface area contributed by atoms with Crippen LogP contribution >= 0.6 is 0 Å². The zero-order valence-electron chi connectivity index (χ0n) is 23.6. The quantitative estimate of drug-likeness (QED) is 0.400. The van der Waals surface area contributed by atoms with Crippen LogP contribution in [0.5, 0.6) is 0 Å². The predicted octanol–water partition coefficient (Wildman–Crippen LogP) is 3.22. The number of piperazine rings is 1. The lowest BCUT2D eigenvalue weighted by atomic mass is 10.1. The largest absolute Gasteiger partial charge is 0.352 e. The number of amides is 1. The Hall–Kier alpha value is -3.50. The van der Waals surface area contributed by atoms with Gasteiger partial charge >= 0.3 is 0 Å². The minimum Gasteiger partial charge on any atom is -0.352 e. The van der Waals surface area contributed by atoms with Crippen LogP contribution in [-0.2, 0) is 7.05 Å². The maximum absolute atomic E-state index is 15.6. The first-order valence-corrected chi connectivity index (χ1v) is 14.5. The van der Waals surface area contributed by atoms with Gasteiger partial charge in [-0.1, -0.05) is 18.6 Å². The molecule has 40 heavy (non-hydrogen) atoms. The number of rotatable bonds is 6. The molecule has 1 N–H and O–H groups in total. The number of aromatic nitrogens is 3. The molecule has 2 aliphatic rings. The van der Waals surface area contributed by atoms with Crippen LogP contribution in [-0.4, -0.2) is 88.1 Å². The molecule has 0 unspecified atom stereocenters. The molecule has 5 heterocycles. The van der Waals surface area contributed by atoms with Gasteiger partial charge in [0.15, 0.2) is 17.3 Å². The van der Waals surface area contributed by atoms with E-state index in [9.17, 15) is 9.59 Å². The summed E-state index contributed by atoms with van der Waals surface area (Å²) in [5.74, 6) is -0.739. The van der Waals surface area contributed by atoms with E-state index in [1.165, 1.54) is 25.3 Å². The Balaban J connectivity index is 1.45. The molecule has 3 aromatic heterocycles. The number of carbonyl (C=O) groups excluding carboxylic acids is 1. The fourth-order valence-electron chi connectivity index (χ4n) is 6.33. The third kappa shape index (κ3) is 4.62. The number of hydrogen-bond donors (Lipinski definition) is 1. The first-order valence-electron chi connectivity index (χ1n) is 14.5. The molecule has 0 bridgehead atoms. The number of likely N-dealkylation sites (tertiary alicyclic amines) is 1. The van der Waals surface area contributed by atoms with Crippen molar-refractivity contribution in [2.24, 2.45) is 7.05 Å². The van der Waals surface area contributed by atoms with Gasteiger partial charge in [0.05, 0.1) is 16.4 Å². The van der Waals surface area contributed by atoms with Gasteiger partial charge in [-0.3, -0.25) is 18.9 Å². The first-order chi connectivity index (χ1) is 19.3. The zero-order valence-corrected chi connectivity index (χ0v) is 23.6. The Morgan fingerprint density at radius 2 is 1.73 bits per heavy atom. The lowest BCUT2D eigenvalue weighted by Gasteiger charge is -2.37. The lowest BCUT2D eigenvalue weighted by Crippen LogP contribution is -2.49. The normalized spacial score (nSPS) is 17.5. The van der Waals surface area contributed by atoms with Crippen LogP contribution in [0.15, 0.2) is 35.1 Å². The summed E-state index contributed by atoms with van der Waals surface area (Å²) >= 11 is 0. The number of para-hydroxylation sites is 2. The van der Waals surface area contributed by atoms with Crippen LogP contribution in [0.1, 0.15) is 43.5 Å². The first kappa shape index (κ1) is 26.7. The predicted molar refractivity (Wildman–Crippen MR) is 157 cm³/mol. The molecular weight excluding hydrogens is 509 g/mol. The van der Waals surface area contributed by atoms with Gasteiger partial charge in [-0.05, 0) is 58.0 Å². The molecule has 4 aromatic rings. The van der Waals surface area contributed by atoms with Gasteiger partial charge < -0.3 is 19.7 Å². The number of imidazole rings is 1. The number of pyridine rings is 2. The number of hydrogen-bond acceptors (Lipinski definition) is 6. The molecule has 2 aliphatic heterocycles. The molecule has 10 heteroatoms. The maximum Gasteiger partial charge on any atom is 0.259 e. The van der Waals surface area contributed by atoms with Crippen LogP contribution in [0.25, 0.3) is 27.7 Å². The van der Waals surface area contributed by atoms with E-state index in [4.69, 9.17) is 4.98 Å². The van der Waals surface area contributed by atoms with Crippen molar-refractivity contribution in [3.8, 4) is 0 Å². The Bertz CT molecular complexity index is 1630. The summed E-state index contributed by atoms with van der Waals surface area (Å²) in [5.41, 5.74) is 2.01. The summed E-state index contributed by atoms with van der Waals surface area (Å²) in [5, 5.41) is 3.08. The van der Waals surface area contributed by atoms with Crippen molar-refractivity contribution in [2.45, 2.75) is 39.2 Å². The van der Waals surface area contributed by atoms with Crippen LogP contribution in [0.2, 0.25) is 0 Å². The van der Waals surface area contributed by atoms with E-state index < -0.39 is 17.2 Å². The van der Waals surface area contributed by atoms with Gasteiger partial charge in [0.25, 0.3) is 5.91 Å². The van der Waals surface area contributed by atoms with E-state index in [1.54, 1.807) is 0 Å². The summed E-state index contributed by atoms with van der Waals surface area (Å²) < 4.78 is 19.3. The van der Waals surface area contributed by atoms with Crippen LogP contribution in [0.3, 0.4) is 0 Å². The van der Waals surface area contributed by atoms with E-state index >= 15 is 4.39 Å². The molecule has 1 aromatic carbocycles. The van der Waals surface area contributed by atoms with Crippen LogP contribution < -0.4 is 15.6 Å². The number of aryl methyl sites for hydroxylation is 1. The SMILES string of the molecule is CC(C)N1CCN(c2nc3c(cc2F)c(=O)c(C(=O)NCCN2CCCCC2)c2n(C)c4ccccc4n32)CC1. The molecule has 1 amide bonds. The smallest absolute Gasteiger partial charge is 0.259 e. The molecule has 2 saturated heterocycles. The highest BCUT2D eigenvalue weighted by atomic mass is 19.1. The van der Waals surface area contributed by atoms with Crippen LogP contribution in [0, 0.1) is 5.82 Å². The summed E-state index contributed by atoms with van der Waals surface area (Å²) in [7, 11) is 1.85. The van der Waals surface area contributed by atoms with Gasteiger partial charge in [-0.2, -0.15) is 0 Å². The Morgan fingerprint density at radius 3 is 2.42 bits per heavy atom. The second-order valence-electron chi connectivity index (χ2n) is 11.4. The number of benzene rings is 1. The third-order valence-electron chi connectivity index (χ3n) is 8.59. The second-order valence-corrected chi connectivity index (χ2v) is 11.4. The van der Waals surface area contributed by atoms with Crippen molar-refractivity contribution in [2.75, 3.05) is 57.3 Å². The maximum atomic E-state index is 15.6. The molecule has 2 fully saturated rings. The van der Waals surface area contributed by atoms with Crippen molar-refractivity contribution in [3.63, 3.8) is 0 Å². The molecular formula is C30H38FN7O2. The van der Waals surface area contributed by atoms with Crippen molar-refractivity contribution in [3.05, 3.63) is 51.9 Å². The molecule has 212 valence electrons. The Morgan fingerprint density at radius 1 is 1.02 bits per heavy atom. The van der Waals surface area contributed by atoms with Gasteiger partial charge in [0.2, 0.25) is 5.43 Å². The summed E-state index contributed by atoms with van der Waals surface area (Å²) in [6.45, 7) is 10.5. The molecule has 0 spiro atoms. The van der Waals surface area contributed by atoms with E-state index in [0.29, 0.717) is 37.0 Å². The zero-order chi connectivity index (χ0) is 28.0. The molecule has 0 saturated carbocycles. The number of halogens is 1. The number of nitrogens with zero attached hydrogens (tertiary/aromatic N) is 6. The third-order valence-corrected chi connectivity index (χ3v) is 8.59. The lowest BCUT2D eigenvalue weighted by molar-refractivity contribution is 0.0946. The fourth-order valence-corrected chi connectivity index (χ4v) is 6.33. The van der Waals surface area contributed by atoms with Crippen molar-refractivity contribution >= 4 is 39.4 Å². The van der Waals surface area contributed by atoms with Crippen molar-refractivity contribution in [1.29, 1.82) is 0 Å². The molecule has 0 radical (unpaired) electrons. The number of fused-ring (bicyclic) bond motifs is 5. The average Bonchev–Trinajstić information content (AvgIpc) is 3.26. The molecule has 9 nitrogen and oxygen atoms in total. The van der Waals surface area contributed by atoms with E-state index in [2.05, 4.69) is 29.0 Å². The van der Waals surface area contributed by atoms with Crippen LogP contribution in [0.4, 0.5) is 10.2 Å². The number of anilines is 1. The highest BCUT2D eigenvalue weighted by Crippen LogP contribution is 2.28. The van der Waals surface area contributed by atoms with E-state index in [-0.39, 0.29) is 16.8 Å². The van der Waals surface area contributed by atoms with Gasteiger partial charge in [-0.15, -0.1) is 0 Å². The highest BCUT2D eigenvalue weighted by molar-refractivity contribution is 6.05. The minimum atomic E-state index is -0.542. The Labute approximate surface area is 233 Å². The van der Waals surface area contributed by atoms with E-state index in [1.807, 2.05) is 45.2 Å². The van der Waals surface area contributed by atoms with Crippen molar-refractivity contribution < 1.29 is 9.18 Å². The summed E-state index contributed by atoms with van der Waals surface area (Å²) in [4.78, 5) is 38.9. The number of piperidine rings is 1. The summed E-state index contributed by atoms with van der Waals surface area (Å²) in [6.07, 6.45) is 3.59. The highest BCUT2D eigenvalue weighted by Gasteiger charge is 2.28. The number of carbonyl (C=O) groups is 1. The van der Waals surface area contributed by atoms with E-state index in [0.717, 1.165) is 43.8 Å². The monoisotopic (exact) mass is 547 g/mol. The van der Waals surface area contributed by atoms with Crippen molar-refractivity contribution in [1.82, 2.24) is 29.1 Å². The fraction of sp³-hybridized carbons (Fsp3) is 0.500. The molecule has 6 rings (SSSR count). The molecule has 0 atom stereocenters. The topological polar surface area (TPSA) is 78.1 Å². The minimum absolute atomic E-state index is 0.0179. The average molecular weight is 548 g/mol. The number of nitrogens with one attached hydrogen (secondary N) is 1. The second kappa shape index (κ2) is 10.8. The standard InChI is InChI=1S/C30H38FN7O2/c1-20(2)36-15-17-37(18-16-36)28-22(31)19-21-26(39)25(29(40)32-11-14-35-12-7-4-8-13-35)30-34(3)23-9-5-6-10-24(23)38(30)27(21)33-28/h5-6,9-10,19-20H,4,7-8,11-18H2,1-3H3,(H,32,40). The van der Waals surface area contributed by atoms with Gasteiger partial charge in [0, 0.05) is 52.4 Å². The molecule has 0 aliphatic carbocycles. The van der Waals surface area contributed by atoms with Gasteiger partial charge in [0.1, 0.15) is 11.2 Å².